The summed E-state index contributed by atoms with van der Waals surface area (Å²) in [5, 5.41) is 8.78. The third-order valence-corrected chi connectivity index (χ3v) is 2.11. The first-order chi connectivity index (χ1) is 6.84. The van der Waals surface area contributed by atoms with Gasteiger partial charge in [-0.2, -0.15) is 10.1 Å². The normalized spacial score (nSPS) is 21.0. The highest BCUT2D eigenvalue weighted by atomic mass is 16.5. The number of nitrogens with zero attached hydrogens (tertiary/aromatic N) is 2. The van der Waals surface area contributed by atoms with E-state index < -0.39 is 0 Å². The summed E-state index contributed by atoms with van der Waals surface area (Å²) in [6, 6.07) is 0. The largest absolute Gasteiger partial charge is 0.378 e. The molecule has 0 bridgehead atoms. The van der Waals surface area contributed by atoms with Gasteiger partial charge in [0.25, 0.3) is 0 Å². The van der Waals surface area contributed by atoms with Crippen molar-refractivity contribution in [3.8, 4) is 0 Å². The minimum atomic E-state index is -0.0892. The zero-order chi connectivity index (χ0) is 9.80. The minimum absolute atomic E-state index is 0.0675. The van der Waals surface area contributed by atoms with E-state index in [-0.39, 0.29) is 12.0 Å². The first-order valence-electron chi connectivity index (χ1n) is 4.61. The lowest BCUT2D eigenvalue weighted by molar-refractivity contribution is -0.118. The van der Waals surface area contributed by atoms with E-state index in [1.54, 1.807) is 0 Å². The summed E-state index contributed by atoms with van der Waals surface area (Å²) in [4.78, 5) is 15.2. The molecule has 6 heteroatoms. The fraction of sp³-hybridized carbons (Fsp3) is 0.625. The monoisotopic (exact) mass is 196 g/mol. The molecule has 0 saturated carbocycles. The summed E-state index contributed by atoms with van der Waals surface area (Å²) in [5.74, 6) is 0.293. The maximum atomic E-state index is 11.4. The van der Waals surface area contributed by atoms with Crippen LogP contribution in [-0.2, 0) is 9.53 Å². The number of hydrogen-bond donors (Lipinski definition) is 2. The second-order valence-electron chi connectivity index (χ2n) is 3.22. The molecule has 0 spiro atoms. The molecule has 0 aromatic carbocycles. The average molecular weight is 196 g/mol. The van der Waals surface area contributed by atoms with Crippen LogP contribution in [-0.4, -0.2) is 33.8 Å². The number of hydrogen-bond acceptors (Lipinski definition) is 4. The number of carbonyl (C=O) groups is 1. The van der Waals surface area contributed by atoms with Crippen LogP contribution < -0.4 is 5.32 Å². The predicted octanol–water partition coefficient (Wildman–Crippen LogP) is 0.312. The molecule has 6 nitrogen and oxygen atoms in total. The van der Waals surface area contributed by atoms with Crippen molar-refractivity contribution < 1.29 is 9.53 Å². The molecule has 1 aromatic heterocycles. The van der Waals surface area contributed by atoms with Gasteiger partial charge >= 0.3 is 0 Å². The maximum Gasteiger partial charge on any atom is 0.229 e. The van der Waals surface area contributed by atoms with Crippen molar-refractivity contribution in [2.75, 3.05) is 11.9 Å². The number of ether oxygens (including phenoxy) is 1. The SMILES string of the molecule is O=C(CC1CCCO1)Nc1ncn[nH]1. The van der Waals surface area contributed by atoms with E-state index in [0.29, 0.717) is 12.4 Å². The molecule has 76 valence electrons. The van der Waals surface area contributed by atoms with Crippen LogP contribution in [0.25, 0.3) is 0 Å². The molecule has 1 fully saturated rings. The molecule has 1 aromatic rings. The zero-order valence-corrected chi connectivity index (χ0v) is 7.69. The van der Waals surface area contributed by atoms with E-state index in [1.807, 2.05) is 0 Å². The van der Waals surface area contributed by atoms with Gasteiger partial charge in [-0.3, -0.25) is 10.1 Å². The molecular formula is C8H12N4O2. The Labute approximate surface area is 81.1 Å². The summed E-state index contributed by atoms with van der Waals surface area (Å²) in [5.41, 5.74) is 0. The van der Waals surface area contributed by atoms with Crippen LogP contribution in [0.1, 0.15) is 19.3 Å². The van der Waals surface area contributed by atoms with E-state index >= 15 is 0 Å². The van der Waals surface area contributed by atoms with Crippen molar-refractivity contribution in [1.82, 2.24) is 15.2 Å². The number of rotatable bonds is 3. The lowest BCUT2D eigenvalue weighted by Gasteiger charge is -2.07. The third-order valence-electron chi connectivity index (χ3n) is 2.11. The van der Waals surface area contributed by atoms with Crippen LogP contribution in [0, 0.1) is 0 Å². The Kier molecular flexibility index (Phi) is 2.73. The maximum absolute atomic E-state index is 11.4. The molecule has 1 aliphatic rings. The second kappa shape index (κ2) is 4.19. The number of carbonyl (C=O) groups excluding carboxylic acids is 1. The van der Waals surface area contributed by atoms with Gasteiger partial charge in [-0.05, 0) is 12.8 Å². The molecule has 14 heavy (non-hydrogen) atoms. The minimum Gasteiger partial charge on any atom is -0.378 e. The third kappa shape index (κ3) is 2.29. The second-order valence-corrected chi connectivity index (χ2v) is 3.22. The van der Waals surface area contributed by atoms with Crippen molar-refractivity contribution in [2.45, 2.75) is 25.4 Å². The first-order valence-corrected chi connectivity index (χ1v) is 4.61. The van der Waals surface area contributed by atoms with Crippen LogP contribution in [0.3, 0.4) is 0 Å². The Morgan fingerprint density at radius 3 is 3.36 bits per heavy atom. The fourth-order valence-electron chi connectivity index (χ4n) is 1.46. The van der Waals surface area contributed by atoms with Crippen LogP contribution in [0.15, 0.2) is 6.33 Å². The summed E-state index contributed by atoms with van der Waals surface area (Å²) in [6.45, 7) is 0.764. The van der Waals surface area contributed by atoms with Crippen molar-refractivity contribution in [1.29, 1.82) is 0 Å². The van der Waals surface area contributed by atoms with Gasteiger partial charge in [0.1, 0.15) is 6.33 Å². The summed E-state index contributed by atoms with van der Waals surface area (Å²) < 4.78 is 5.34. The molecule has 1 saturated heterocycles. The van der Waals surface area contributed by atoms with E-state index in [2.05, 4.69) is 20.5 Å². The zero-order valence-electron chi connectivity index (χ0n) is 7.69. The predicted molar refractivity (Wildman–Crippen MR) is 48.6 cm³/mol. The van der Waals surface area contributed by atoms with Crippen LogP contribution in [0.5, 0.6) is 0 Å². The quantitative estimate of drug-likeness (QED) is 0.729. The Morgan fingerprint density at radius 1 is 1.79 bits per heavy atom. The molecule has 2 rings (SSSR count). The highest BCUT2D eigenvalue weighted by molar-refractivity contribution is 5.89. The standard InChI is InChI=1S/C8H12N4O2/c13-7(4-6-2-1-3-14-6)11-8-9-5-10-12-8/h5-6H,1-4H2,(H2,9,10,11,12,13). The molecule has 1 amide bonds. The Bertz CT molecular complexity index is 292. The van der Waals surface area contributed by atoms with Gasteiger partial charge in [0.15, 0.2) is 0 Å². The van der Waals surface area contributed by atoms with Gasteiger partial charge in [0.05, 0.1) is 12.5 Å². The van der Waals surface area contributed by atoms with E-state index in [9.17, 15) is 4.79 Å². The fourth-order valence-corrected chi connectivity index (χ4v) is 1.46. The molecule has 1 unspecified atom stereocenters. The highest BCUT2D eigenvalue weighted by Crippen LogP contribution is 2.15. The lowest BCUT2D eigenvalue weighted by atomic mass is 10.2. The van der Waals surface area contributed by atoms with Crippen LogP contribution in [0.4, 0.5) is 5.95 Å². The molecular weight excluding hydrogens is 184 g/mol. The molecule has 0 aliphatic carbocycles. The molecule has 1 aliphatic heterocycles. The van der Waals surface area contributed by atoms with Crippen molar-refractivity contribution in [2.24, 2.45) is 0 Å². The van der Waals surface area contributed by atoms with Gasteiger partial charge in [-0.1, -0.05) is 0 Å². The topological polar surface area (TPSA) is 79.9 Å². The first kappa shape index (κ1) is 9.14. The van der Waals surface area contributed by atoms with E-state index in [1.165, 1.54) is 6.33 Å². The Morgan fingerprint density at radius 2 is 2.71 bits per heavy atom. The van der Waals surface area contributed by atoms with Crippen LogP contribution in [0.2, 0.25) is 0 Å². The smallest absolute Gasteiger partial charge is 0.229 e. The number of anilines is 1. The lowest BCUT2D eigenvalue weighted by Crippen LogP contribution is -2.19. The number of aromatic amines is 1. The Balaban J connectivity index is 1.78. The van der Waals surface area contributed by atoms with Crippen molar-refractivity contribution >= 4 is 11.9 Å². The van der Waals surface area contributed by atoms with Gasteiger partial charge in [-0.15, -0.1) is 0 Å². The number of nitrogens with one attached hydrogen (secondary N) is 2. The number of H-pyrrole nitrogens is 1. The summed E-state index contributed by atoms with van der Waals surface area (Å²) >= 11 is 0. The average Bonchev–Trinajstić information content (AvgIpc) is 2.76. The van der Waals surface area contributed by atoms with Gasteiger partial charge < -0.3 is 4.74 Å². The summed E-state index contributed by atoms with van der Waals surface area (Å²) in [6.07, 6.45) is 3.81. The molecule has 1 atom stereocenters. The van der Waals surface area contributed by atoms with Gasteiger partial charge in [0, 0.05) is 6.61 Å². The number of aromatic nitrogens is 3. The van der Waals surface area contributed by atoms with E-state index in [0.717, 1.165) is 19.4 Å². The summed E-state index contributed by atoms with van der Waals surface area (Å²) in [7, 11) is 0. The molecule has 2 N–H and O–H groups in total. The van der Waals surface area contributed by atoms with Crippen LogP contribution >= 0.6 is 0 Å². The molecule has 0 radical (unpaired) electrons. The van der Waals surface area contributed by atoms with Gasteiger partial charge in [-0.25, -0.2) is 5.10 Å². The van der Waals surface area contributed by atoms with Crippen molar-refractivity contribution in [3.63, 3.8) is 0 Å². The number of amides is 1. The Hall–Kier alpha value is -1.43. The molecule has 2 heterocycles. The van der Waals surface area contributed by atoms with E-state index in [4.69, 9.17) is 4.74 Å². The van der Waals surface area contributed by atoms with Gasteiger partial charge in [0.2, 0.25) is 11.9 Å². The van der Waals surface area contributed by atoms with Crippen molar-refractivity contribution in [3.05, 3.63) is 6.33 Å². The highest BCUT2D eigenvalue weighted by Gasteiger charge is 2.19.